The largest absolute Gasteiger partial charge is 0.373 e. The van der Waals surface area contributed by atoms with Gasteiger partial charge in [-0.1, -0.05) is 6.08 Å². The van der Waals surface area contributed by atoms with Crippen LogP contribution in [0.2, 0.25) is 0 Å². The average Bonchev–Trinajstić information content (AvgIpc) is 2.19. The Morgan fingerprint density at radius 1 is 1.53 bits per heavy atom. The number of β-lactam (4-membered cyclic amide) rings is 1. The lowest BCUT2D eigenvalue weighted by molar-refractivity contribution is -0.137. The lowest BCUT2D eigenvalue weighted by atomic mass is 10.2. The van der Waals surface area contributed by atoms with Gasteiger partial charge in [-0.25, -0.2) is 0 Å². The Hall–Kier alpha value is -1.82. The van der Waals surface area contributed by atoms with Gasteiger partial charge in [-0.05, 0) is 10.4 Å². The van der Waals surface area contributed by atoms with Gasteiger partial charge in [0.2, 0.25) is 5.91 Å². The molecule has 2 heterocycles. The molecule has 9 heteroatoms. The summed E-state index contributed by atoms with van der Waals surface area (Å²) in [6, 6.07) is 0. The summed E-state index contributed by atoms with van der Waals surface area (Å²) in [6.07, 6.45) is 4.67. The zero-order valence-corrected chi connectivity index (χ0v) is 8.46. The summed E-state index contributed by atoms with van der Waals surface area (Å²) in [5, 5.41) is 0.475. The monoisotopic (exact) mass is 226 g/mol. The fourth-order valence-electron chi connectivity index (χ4n) is 1.04. The van der Waals surface area contributed by atoms with Crippen molar-refractivity contribution in [3.05, 3.63) is 38.7 Å². The van der Waals surface area contributed by atoms with Crippen LogP contribution in [-0.4, -0.2) is 21.9 Å². The van der Waals surface area contributed by atoms with Crippen molar-refractivity contribution in [1.82, 2.24) is 4.90 Å². The van der Waals surface area contributed by atoms with Gasteiger partial charge in [0.15, 0.2) is 0 Å². The van der Waals surface area contributed by atoms with Gasteiger partial charge in [0.05, 0.1) is 11.8 Å². The second kappa shape index (κ2) is 7.57. The highest BCUT2D eigenvalue weighted by Gasteiger charge is 2.35. The molecule has 0 aromatic rings. The average molecular weight is 226 g/mol. The number of carbonyl (C=O) groups is 1. The smallest absolute Gasteiger partial charge is 0.230 e. The first-order valence-electron chi connectivity index (χ1n) is 3.80. The first-order valence-corrected chi connectivity index (χ1v) is 4.84. The molecular weight excluding hydrogens is 218 g/mol. The van der Waals surface area contributed by atoms with Crippen LogP contribution in [0.5, 0.6) is 0 Å². The normalized spacial score (nSPS) is 20.1. The molecule has 0 saturated carbocycles. The lowest BCUT2D eigenvalue weighted by Crippen LogP contribution is -2.48. The van der Waals surface area contributed by atoms with Gasteiger partial charge < -0.3 is 16.0 Å². The van der Waals surface area contributed by atoms with E-state index in [1.165, 1.54) is 4.91 Å². The van der Waals surface area contributed by atoms with Crippen molar-refractivity contribution in [2.75, 3.05) is 5.75 Å². The molecule has 1 saturated heterocycles. The van der Waals surface area contributed by atoms with E-state index < -0.39 is 0 Å². The van der Waals surface area contributed by atoms with E-state index in [2.05, 4.69) is 0 Å². The maximum Gasteiger partial charge on any atom is 0.230 e. The first kappa shape index (κ1) is 13.2. The number of amides is 1. The molecule has 1 fully saturated rings. The van der Waals surface area contributed by atoms with Crippen LogP contribution in [0.3, 0.4) is 0 Å². The Kier molecular flexibility index (Phi) is 6.65. The molecule has 2 aliphatic rings. The van der Waals surface area contributed by atoms with Gasteiger partial charge in [-0.3, -0.25) is 9.71 Å². The van der Waals surface area contributed by atoms with E-state index in [9.17, 15) is 4.79 Å². The number of hydrogen-bond donors (Lipinski definition) is 1. The predicted molar refractivity (Wildman–Crippen MR) is 56.4 cm³/mol. The third-order valence-corrected chi connectivity index (χ3v) is 2.76. The highest BCUT2D eigenvalue weighted by atomic mass is 32.2. The molecular formula is C6H8N7OS-. The van der Waals surface area contributed by atoms with E-state index in [1.54, 1.807) is 9.81 Å². The van der Waals surface area contributed by atoms with Crippen LogP contribution in [0.25, 0.3) is 26.4 Å². The van der Waals surface area contributed by atoms with Crippen molar-refractivity contribution in [3.63, 3.8) is 0 Å². The molecule has 1 amide bonds. The molecule has 2 rings (SSSR count). The Morgan fingerprint density at radius 2 is 2.07 bits per heavy atom. The summed E-state index contributed by atoms with van der Waals surface area (Å²) in [7, 11) is 0. The zero-order valence-electron chi connectivity index (χ0n) is 7.65. The minimum Gasteiger partial charge on any atom is -0.373 e. The van der Waals surface area contributed by atoms with E-state index >= 15 is 0 Å². The van der Waals surface area contributed by atoms with Crippen LogP contribution in [0.1, 0.15) is 6.42 Å². The van der Waals surface area contributed by atoms with Crippen LogP contribution < -0.4 is 0 Å². The minimum atomic E-state index is 0.267. The van der Waals surface area contributed by atoms with Crippen LogP contribution in [-0.2, 0) is 4.79 Å². The summed E-state index contributed by atoms with van der Waals surface area (Å²) in [5.41, 5.74) is 25.8. The molecule has 2 aliphatic heterocycles. The Balaban J connectivity index is 0.000000280. The van der Waals surface area contributed by atoms with Gasteiger partial charge in [0.25, 0.3) is 0 Å². The summed E-state index contributed by atoms with van der Waals surface area (Å²) in [4.78, 5) is 15.8. The minimum absolute atomic E-state index is 0.267. The number of nitrogens with zero attached hydrogens (tertiary/aromatic N) is 6. The van der Waals surface area contributed by atoms with E-state index in [0.717, 1.165) is 12.2 Å². The van der Waals surface area contributed by atoms with E-state index in [1.807, 2.05) is 24.0 Å². The quantitative estimate of drug-likeness (QED) is 0.293. The number of thioether (sulfide) groups is 1. The summed E-state index contributed by atoms with van der Waals surface area (Å²) in [5.74, 6) is 1.33. The Labute approximate surface area is 89.8 Å². The number of carbonyl (C=O) groups excluding carboxylic acids is 1. The summed E-state index contributed by atoms with van der Waals surface area (Å²) >= 11 is 1.84. The highest BCUT2D eigenvalue weighted by Crippen LogP contribution is 2.32. The molecule has 1 atom stereocenters. The van der Waals surface area contributed by atoms with Crippen molar-refractivity contribution in [1.29, 1.82) is 5.53 Å². The van der Waals surface area contributed by atoms with Crippen molar-refractivity contribution in [2.24, 2.45) is 0 Å². The molecule has 0 aromatic heterocycles. The standard InChI is InChI=1S/C6H7NOS.HN3.N3/c8-5-4-6-7(5)2-1-3-9-6;2*1-3-2/h1-2,6H,3-4H2;1H;/q;;-1/t6-;;/m1../s1. The molecule has 8 nitrogen and oxygen atoms in total. The third-order valence-electron chi connectivity index (χ3n) is 1.60. The second-order valence-corrected chi connectivity index (χ2v) is 3.58. The van der Waals surface area contributed by atoms with Crippen LogP contribution in [0, 0.1) is 5.53 Å². The van der Waals surface area contributed by atoms with Crippen molar-refractivity contribution in [2.45, 2.75) is 11.8 Å². The van der Waals surface area contributed by atoms with E-state index in [4.69, 9.17) is 22.1 Å². The summed E-state index contributed by atoms with van der Waals surface area (Å²) in [6.45, 7) is 0. The van der Waals surface area contributed by atoms with Gasteiger partial charge in [-0.2, -0.15) is 0 Å². The molecule has 0 bridgehead atoms. The molecule has 0 aliphatic carbocycles. The van der Waals surface area contributed by atoms with Gasteiger partial charge in [0, 0.05) is 12.0 Å². The molecule has 80 valence electrons. The number of hydrogen-bond acceptors (Lipinski definition) is 3. The van der Waals surface area contributed by atoms with E-state index in [0.29, 0.717) is 5.37 Å². The molecule has 0 spiro atoms. The van der Waals surface area contributed by atoms with Crippen LogP contribution in [0.15, 0.2) is 12.3 Å². The molecule has 0 aromatic carbocycles. The fraction of sp³-hybridized carbons (Fsp3) is 0.500. The SMILES string of the molecule is O=C1C[C@H]2SCC=CN12.[N-]=[N+]=N.[N-]=[N+]=[N-]. The van der Waals surface area contributed by atoms with Crippen molar-refractivity contribution < 1.29 is 4.79 Å². The van der Waals surface area contributed by atoms with Gasteiger partial charge in [-0.15, -0.1) is 17.3 Å². The van der Waals surface area contributed by atoms with Crippen molar-refractivity contribution in [3.8, 4) is 0 Å². The molecule has 0 unspecified atom stereocenters. The third kappa shape index (κ3) is 4.28. The van der Waals surface area contributed by atoms with Gasteiger partial charge in [0.1, 0.15) is 0 Å². The van der Waals surface area contributed by atoms with Gasteiger partial charge >= 0.3 is 0 Å². The Morgan fingerprint density at radius 3 is 2.40 bits per heavy atom. The predicted octanol–water partition coefficient (Wildman–Crippen LogP) is 2.55. The zero-order chi connectivity index (χ0) is 11.7. The van der Waals surface area contributed by atoms with E-state index in [-0.39, 0.29) is 5.91 Å². The maximum absolute atomic E-state index is 10.7. The number of nitrogens with one attached hydrogen (secondary N) is 1. The Bertz CT molecular complexity index is 303. The topological polar surface area (TPSA) is 139 Å². The molecule has 0 radical (unpaired) electrons. The molecule has 1 N–H and O–H groups in total. The van der Waals surface area contributed by atoms with Crippen LogP contribution in [0.4, 0.5) is 0 Å². The fourth-order valence-corrected chi connectivity index (χ4v) is 2.07. The maximum atomic E-state index is 10.7. The highest BCUT2D eigenvalue weighted by molar-refractivity contribution is 8.00. The number of fused-ring (bicyclic) bond motifs is 1. The lowest BCUT2D eigenvalue weighted by Gasteiger charge is -2.39. The summed E-state index contributed by atoms with van der Waals surface area (Å²) < 4.78 is 0. The second-order valence-electron chi connectivity index (χ2n) is 2.37. The van der Waals surface area contributed by atoms with Crippen molar-refractivity contribution >= 4 is 17.7 Å². The first-order chi connectivity index (χ1) is 7.21. The number of rotatable bonds is 0. The van der Waals surface area contributed by atoms with Crippen LogP contribution >= 0.6 is 11.8 Å². The molecule has 15 heavy (non-hydrogen) atoms.